The fourth-order valence-corrected chi connectivity index (χ4v) is 3.68. The Labute approximate surface area is 144 Å². The van der Waals surface area contributed by atoms with Crippen LogP contribution in [0.3, 0.4) is 0 Å². The van der Waals surface area contributed by atoms with Crippen LogP contribution in [0.25, 0.3) is 0 Å². The van der Waals surface area contributed by atoms with Gasteiger partial charge < -0.3 is 5.32 Å². The molecular formula is C18H17F2NO3S. The minimum Gasteiger partial charge on any atom is -0.343 e. The molecule has 1 aliphatic rings. The van der Waals surface area contributed by atoms with Crippen LogP contribution in [0.2, 0.25) is 0 Å². The Balaban J connectivity index is 1.80. The molecule has 2 aromatic carbocycles. The maximum absolute atomic E-state index is 12.6. The largest absolute Gasteiger partial charge is 0.343 e. The normalized spacial score (nSPS) is 16.3. The maximum Gasteiger partial charge on any atom is 0.341 e. The summed E-state index contributed by atoms with van der Waals surface area (Å²) in [7, 11) is -4.66. The van der Waals surface area contributed by atoms with Crippen LogP contribution in [0.5, 0.6) is 0 Å². The van der Waals surface area contributed by atoms with E-state index in [1.165, 1.54) is 12.1 Å². The summed E-state index contributed by atoms with van der Waals surface area (Å²) >= 11 is 0. The number of carbonyl (C=O) groups is 1. The molecule has 0 radical (unpaired) electrons. The molecule has 0 atom stereocenters. The van der Waals surface area contributed by atoms with Crippen LogP contribution < -0.4 is 5.32 Å². The second kappa shape index (κ2) is 6.55. The quantitative estimate of drug-likeness (QED) is 0.882. The fraction of sp³-hybridized carbons (Fsp3) is 0.278. The Hall–Kier alpha value is -2.28. The number of hydrogen-bond acceptors (Lipinski definition) is 3. The van der Waals surface area contributed by atoms with Crippen LogP contribution in [0.4, 0.5) is 8.78 Å². The van der Waals surface area contributed by atoms with Gasteiger partial charge in [0, 0.05) is 5.56 Å². The molecule has 2 aromatic rings. The van der Waals surface area contributed by atoms with E-state index in [0.717, 1.165) is 37.0 Å². The van der Waals surface area contributed by atoms with Crippen molar-refractivity contribution in [2.45, 2.75) is 35.5 Å². The molecule has 25 heavy (non-hydrogen) atoms. The monoisotopic (exact) mass is 365 g/mol. The van der Waals surface area contributed by atoms with Crippen molar-refractivity contribution in [3.05, 3.63) is 65.7 Å². The average molecular weight is 365 g/mol. The van der Waals surface area contributed by atoms with E-state index in [1.54, 1.807) is 0 Å². The molecule has 1 fully saturated rings. The van der Waals surface area contributed by atoms with Gasteiger partial charge in [-0.1, -0.05) is 30.3 Å². The molecule has 0 bridgehead atoms. The third-order valence-electron chi connectivity index (χ3n) is 4.57. The molecule has 0 saturated heterocycles. The van der Waals surface area contributed by atoms with Crippen molar-refractivity contribution in [2.75, 3.05) is 0 Å². The highest BCUT2D eigenvalue weighted by molar-refractivity contribution is 7.91. The molecule has 0 spiro atoms. The van der Waals surface area contributed by atoms with Gasteiger partial charge in [0.15, 0.2) is 0 Å². The third kappa shape index (κ3) is 3.28. The Morgan fingerprint density at radius 2 is 1.60 bits per heavy atom. The zero-order valence-electron chi connectivity index (χ0n) is 13.3. The molecule has 3 rings (SSSR count). The zero-order valence-corrected chi connectivity index (χ0v) is 14.1. The van der Waals surface area contributed by atoms with Crippen molar-refractivity contribution in [1.29, 1.82) is 0 Å². The lowest BCUT2D eigenvalue weighted by Crippen LogP contribution is -2.50. The van der Waals surface area contributed by atoms with Crippen molar-refractivity contribution in [2.24, 2.45) is 0 Å². The molecule has 1 aliphatic carbocycles. The summed E-state index contributed by atoms with van der Waals surface area (Å²) in [6.07, 6.45) is 2.64. The second-order valence-corrected chi connectivity index (χ2v) is 8.00. The van der Waals surface area contributed by atoms with Crippen molar-refractivity contribution in [3.63, 3.8) is 0 Å². The minimum atomic E-state index is -4.66. The molecule has 0 aliphatic heterocycles. The van der Waals surface area contributed by atoms with E-state index in [0.29, 0.717) is 0 Å². The van der Waals surface area contributed by atoms with Gasteiger partial charge in [0.25, 0.3) is 5.91 Å². The number of halogens is 2. The SMILES string of the molecule is O=C(NC1(c2ccccc2)CCC1)c1ccc(S(=O)(=O)C(F)F)cc1. The predicted molar refractivity (Wildman–Crippen MR) is 89.1 cm³/mol. The van der Waals surface area contributed by atoms with Crippen LogP contribution in [-0.2, 0) is 15.4 Å². The molecular weight excluding hydrogens is 348 g/mol. The van der Waals surface area contributed by atoms with E-state index in [2.05, 4.69) is 5.32 Å². The number of hydrogen-bond donors (Lipinski definition) is 1. The van der Waals surface area contributed by atoms with Crippen LogP contribution in [0, 0.1) is 0 Å². The van der Waals surface area contributed by atoms with Gasteiger partial charge in [-0.25, -0.2) is 8.42 Å². The van der Waals surface area contributed by atoms with Crippen LogP contribution in [0.15, 0.2) is 59.5 Å². The van der Waals surface area contributed by atoms with Gasteiger partial charge in [-0.05, 0) is 49.1 Å². The molecule has 0 aromatic heterocycles. The van der Waals surface area contributed by atoms with E-state index < -0.39 is 26.0 Å². The average Bonchev–Trinajstić information content (AvgIpc) is 2.58. The van der Waals surface area contributed by atoms with E-state index in [1.807, 2.05) is 30.3 Å². The standard InChI is InChI=1S/C18H17F2NO3S/c19-17(20)25(23,24)15-9-7-13(8-10-15)16(22)21-18(11-4-12-18)14-5-2-1-3-6-14/h1-3,5-10,17H,4,11-12H2,(H,21,22). The fourth-order valence-electron chi connectivity index (χ4n) is 2.96. The molecule has 0 unspecified atom stereocenters. The summed E-state index contributed by atoms with van der Waals surface area (Å²) in [6.45, 7) is 0. The van der Waals surface area contributed by atoms with Crippen molar-refractivity contribution >= 4 is 15.7 Å². The number of rotatable bonds is 5. The summed E-state index contributed by atoms with van der Waals surface area (Å²) in [5.41, 5.74) is 0.827. The van der Waals surface area contributed by atoms with Crippen LogP contribution in [-0.4, -0.2) is 20.1 Å². The summed E-state index contributed by atoms with van der Waals surface area (Å²) < 4.78 is 48.0. The number of amides is 1. The van der Waals surface area contributed by atoms with Gasteiger partial charge in [0.1, 0.15) is 0 Å². The van der Waals surface area contributed by atoms with Gasteiger partial charge in [0.05, 0.1) is 10.4 Å². The first-order valence-corrected chi connectivity index (χ1v) is 9.40. The smallest absolute Gasteiger partial charge is 0.341 e. The van der Waals surface area contributed by atoms with Crippen LogP contribution in [0.1, 0.15) is 35.2 Å². The highest BCUT2D eigenvalue weighted by Crippen LogP contribution is 2.41. The Bertz CT molecular complexity index is 861. The number of nitrogens with one attached hydrogen (secondary N) is 1. The highest BCUT2D eigenvalue weighted by Gasteiger charge is 2.40. The van der Waals surface area contributed by atoms with Crippen molar-refractivity contribution in [3.8, 4) is 0 Å². The third-order valence-corrected chi connectivity index (χ3v) is 5.96. The summed E-state index contributed by atoms with van der Waals surface area (Å²) in [5.74, 6) is -3.84. The molecule has 0 heterocycles. The van der Waals surface area contributed by atoms with Gasteiger partial charge in [0.2, 0.25) is 9.84 Å². The molecule has 1 saturated carbocycles. The lowest BCUT2D eigenvalue weighted by Gasteiger charge is -2.43. The van der Waals surface area contributed by atoms with Gasteiger partial charge in [-0.15, -0.1) is 0 Å². The van der Waals surface area contributed by atoms with E-state index in [-0.39, 0.29) is 11.5 Å². The van der Waals surface area contributed by atoms with Gasteiger partial charge >= 0.3 is 5.76 Å². The number of carbonyl (C=O) groups excluding carboxylic acids is 1. The lowest BCUT2D eigenvalue weighted by atomic mass is 9.71. The minimum absolute atomic E-state index is 0.232. The van der Waals surface area contributed by atoms with E-state index in [9.17, 15) is 22.0 Å². The number of alkyl halides is 2. The summed E-state index contributed by atoms with van der Waals surface area (Å²) in [4.78, 5) is 12.0. The maximum atomic E-state index is 12.6. The first kappa shape index (κ1) is 17.5. The molecule has 7 heteroatoms. The zero-order chi connectivity index (χ0) is 18.1. The molecule has 1 amide bonds. The number of sulfone groups is 1. The van der Waals surface area contributed by atoms with Crippen LogP contribution >= 0.6 is 0 Å². The van der Waals surface area contributed by atoms with E-state index >= 15 is 0 Å². The Kier molecular flexibility index (Phi) is 4.60. The Morgan fingerprint density at radius 3 is 2.08 bits per heavy atom. The van der Waals surface area contributed by atoms with Crippen molar-refractivity contribution in [1.82, 2.24) is 5.32 Å². The predicted octanol–water partition coefficient (Wildman–Crippen LogP) is 3.49. The Morgan fingerprint density at radius 1 is 1.00 bits per heavy atom. The second-order valence-electron chi connectivity index (χ2n) is 6.09. The summed E-state index contributed by atoms with van der Waals surface area (Å²) in [6, 6.07) is 14.2. The summed E-state index contributed by atoms with van der Waals surface area (Å²) in [5, 5.41) is 3.01. The molecule has 132 valence electrons. The lowest BCUT2D eigenvalue weighted by molar-refractivity contribution is 0.0823. The highest BCUT2D eigenvalue weighted by atomic mass is 32.2. The van der Waals surface area contributed by atoms with Crippen molar-refractivity contribution < 1.29 is 22.0 Å². The van der Waals surface area contributed by atoms with E-state index in [4.69, 9.17) is 0 Å². The first-order valence-electron chi connectivity index (χ1n) is 7.85. The topological polar surface area (TPSA) is 63.2 Å². The number of benzene rings is 2. The van der Waals surface area contributed by atoms with Gasteiger partial charge in [-0.3, -0.25) is 4.79 Å². The first-order chi connectivity index (χ1) is 11.8. The van der Waals surface area contributed by atoms with Gasteiger partial charge in [-0.2, -0.15) is 8.78 Å². The molecule has 1 N–H and O–H groups in total. The molecule has 4 nitrogen and oxygen atoms in total.